The molecular formula is C24H23ClN2O4S. The van der Waals surface area contributed by atoms with Crippen molar-refractivity contribution >= 4 is 46.6 Å². The Hall–Kier alpha value is -3.16. The Kier molecular flexibility index (Phi) is 8.03. The molecule has 0 saturated carbocycles. The van der Waals surface area contributed by atoms with E-state index in [-0.39, 0.29) is 17.6 Å². The summed E-state index contributed by atoms with van der Waals surface area (Å²) in [4.78, 5) is 25.7. The van der Waals surface area contributed by atoms with Crippen LogP contribution in [0.4, 0.5) is 11.4 Å². The van der Waals surface area contributed by atoms with Crippen molar-refractivity contribution in [1.29, 1.82) is 0 Å². The lowest BCUT2D eigenvalue weighted by atomic mass is 10.2. The number of rotatable bonds is 8. The van der Waals surface area contributed by atoms with Crippen molar-refractivity contribution in [1.82, 2.24) is 0 Å². The van der Waals surface area contributed by atoms with Crippen LogP contribution in [0, 0.1) is 6.92 Å². The maximum Gasteiger partial charge on any atom is 0.255 e. The van der Waals surface area contributed by atoms with E-state index in [0.717, 1.165) is 10.5 Å². The zero-order valence-electron chi connectivity index (χ0n) is 17.9. The molecule has 0 radical (unpaired) electrons. The Labute approximate surface area is 196 Å². The smallest absolute Gasteiger partial charge is 0.255 e. The van der Waals surface area contributed by atoms with Crippen LogP contribution in [0.1, 0.15) is 15.9 Å². The maximum absolute atomic E-state index is 12.4. The van der Waals surface area contributed by atoms with Crippen molar-refractivity contribution in [2.45, 2.75) is 11.8 Å². The van der Waals surface area contributed by atoms with Crippen molar-refractivity contribution in [2.24, 2.45) is 0 Å². The number of thioether (sulfide) groups is 1. The molecule has 0 heterocycles. The van der Waals surface area contributed by atoms with E-state index in [4.69, 9.17) is 21.1 Å². The van der Waals surface area contributed by atoms with Gasteiger partial charge in [-0.25, -0.2) is 0 Å². The Morgan fingerprint density at radius 2 is 1.72 bits per heavy atom. The quantitative estimate of drug-likeness (QED) is 0.416. The summed E-state index contributed by atoms with van der Waals surface area (Å²) in [6.45, 7) is 1.86. The second kappa shape index (κ2) is 10.9. The molecule has 32 heavy (non-hydrogen) atoms. The minimum atomic E-state index is -0.226. The average Bonchev–Trinajstić information content (AvgIpc) is 2.80. The number of hydrogen-bond donors (Lipinski definition) is 2. The highest BCUT2D eigenvalue weighted by molar-refractivity contribution is 8.00. The molecule has 0 atom stereocenters. The van der Waals surface area contributed by atoms with Crippen LogP contribution in [-0.2, 0) is 4.79 Å². The fraction of sp³-hybridized carbons (Fsp3) is 0.167. The number of benzene rings is 3. The minimum absolute atomic E-state index is 0.162. The molecule has 2 amide bonds. The third kappa shape index (κ3) is 6.18. The van der Waals surface area contributed by atoms with Crippen molar-refractivity contribution < 1.29 is 19.1 Å². The van der Waals surface area contributed by atoms with E-state index in [1.807, 2.05) is 19.1 Å². The van der Waals surface area contributed by atoms with E-state index in [1.54, 1.807) is 55.6 Å². The van der Waals surface area contributed by atoms with Crippen molar-refractivity contribution in [3.63, 3.8) is 0 Å². The summed E-state index contributed by atoms with van der Waals surface area (Å²) < 4.78 is 10.4. The average molecular weight is 471 g/mol. The lowest BCUT2D eigenvalue weighted by Gasteiger charge is -2.12. The van der Waals surface area contributed by atoms with Gasteiger partial charge in [-0.3, -0.25) is 9.59 Å². The highest BCUT2D eigenvalue weighted by Gasteiger charge is 2.11. The zero-order valence-corrected chi connectivity index (χ0v) is 19.5. The molecule has 0 unspecified atom stereocenters. The van der Waals surface area contributed by atoms with Gasteiger partial charge >= 0.3 is 0 Å². The van der Waals surface area contributed by atoms with E-state index < -0.39 is 0 Å². The van der Waals surface area contributed by atoms with Crippen LogP contribution in [0.5, 0.6) is 11.5 Å². The van der Waals surface area contributed by atoms with E-state index >= 15 is 0 Å². The number of hydrogen-bond acceptors (Lipinski definition) is 5. The topological polar surface area (TPSA) is 76.7 Å². The molecule has 0 spiro atoms. The second-order valence-electron chi connectivity index (χ2n) is 6.85. The van der Waals surface area contributed by atoms with Crippen molar-refractivity contribution in [3.05, 3.63) is 76.8 Å². The Bertz CT molecular complexity index is 1120. The summed E-state index contributed by atoms with van der Waals surface area (Å²) in [6, 6.07) is 17.7. The largest absolute Gasteiger partial charge is 0.497 e. The first-order chi connectivity index (χ1) is 15.4. The first-order valence-electron chi connectivity index (χ1n) is 9.72. The molecule has 0 saturated heterocycles. The van der Waals surface area contributed by atoms with Gasteiger partial charge in [0.25, 0.3) is 5.91 Å². The summed E-state index contributed by atoms with van der Waals surface area (Å²) in [5.41, 5.74) is 2.60. The number of ether oxygens (including phenoxy) is 2. The number of anilines is 2. The normalized spacial score (nSPS) is 10.4. The SMILES string of the molecule is COc1cccc(C(=O)Nc2ccc(SCC(=O)Nc3cc(C)c(Cl)cc3OC)cc2)c1. The first kappa shape index (κ1) is 23.5. The molecule has 2 N–H and O–H groups in total. The number of nitrogens with one attached hydrogen (secondary N) is 2. The molecular weight excluding hydrogens is 448 g/mol. The third-order valence-electron chi connectivity index (χ3n) is 4.57. The number of carbonyl (C=O) groups excluding carboxylic acids is 2. The summed E-state index contributed by atoms with van der Waals surface area (Å²) >= 11 is 7.50. The van der Waals surface area contributed by atoms with Gasteiger partial charge in [0.2, 0.25) is 5.91 Å². The number of aryl methyl sites for hydroxylation is 1. The lowest BCUT2D eigenvalue weighted by molar-refractivity contribution is -0.113. The van der Waals surface area contributed by atoms with Gasteiger partial charge in [0, 0.05) is 27.2 Å². The van der Waals surface area contributed by atoms with Crippen LogP contribution in [0.15, 0.2) is 65.6 Å². The lowest BCUT2D eigenvalue weighted by Crippen LogP contribution is -2.15. The van der Waals surface area contributed by atoms with Crippen LogP contribution in [-0.4, -0.2) is 31.8 Å². The molecule has 0 aliphatic rings. The Morgan fingerprint density at radius 1 is 0.969 bits per heavy atom. The Morgan fingerprint density at radius 3 is 2.41 bits per heavy atom. The first-order valence-corrected chi connectivity index (χ1v) is 11.1. The monoisotopic (exact) mass is 470 g/mol. The van der Waals surface area contributed by atoms with Gasteiger partial charge in [0.05, 0.1) is 25.7 Å². The molecule has 0 fully saturated rings. The number of methoxy groups -OCH3 is 2. The molecule has 3 rings (SSSR count). The van der Waals surface area contributed by atoms with Gasteiger partial charge < -0.3 is 20.1 Å². The fourth-order valence-corrected chi connectivity index (χ4v) is 3.72. The van der Waals surface area contributed by atoms with Gasteiger partial charge in [0.15, 0.2) is 0 Å². The summed E-state index contributed by atoms with van der Waals surface area (Å²) in [7, 11) is 3.08. The zero-order chi connectivity index (χ0) is 23.1. The molecule has 6 nitrogen and oxygen atoms in total. The van der Waals surface area contributed by atoms with E-state index in [2.05, 4.69) is 10.6 Å². The number of amides is 2. The summed E-state index contributed by atoms with van der Waals surface area (Å²) in [5, 5.41) is 6.28. The van der Waals surface area contributed by atoms with Crippen molar-refractivity contribution in [3.8, 4) is 11.5 Å². The maximum atomic E-state index is 12.4. The molecule has 0 aliphatic heterocycles. The summed E-state index contributed by atoms with van der Waals surface area (Å²) in [5.74, 6) is 0.964. The van der Waals surface area contributed by atoms with Crippen LogP contribution >= 0.6 is 23.4 Å². The standard InChI is InChI=1S/C24H23ClN2O4S/c1-15-11-21(22(31-3)13-20(15)25)27-23(28)14-32-19-9-7-17(8-10-19)26-24(29)16-5-4-6-18(12-16)30-2/h4-13H,14H2,1-3H3,(H,26,29)(H,27,28). The second-order valence-corrected chi connectivity index (χ2v) is 8.30. The number of halogens is 1. The van der Waals surface area contributed by atoms with Crippen LogP contribution in [0.3, 0.4) is 0 Å². The van der Waals surface area contributed by atoms with Gasteiger partial charge in [-0.15, -0.1) is 11.8 Å². The van der Waals surface area contributed by atoms with Gasteiger partial charge in [0.1, 0.15) is 11.5 Å². The molecule has 0 aliphatic carbocycles. The fourth-order valence-electron chi connectivity index (χ4n) is 2.87. The highest BCUT2D eigenvalue weighted by Crippen LogP contribution is 2.31. The van der Waals surface area contributed by atoms with Crippen LogP contribution in [0.25, 0.3) is 0 Å². The molecule has 8 heteroatoms. The van der Waals surface area contributed by atoms with E-state index in [1.165, 1.54) is 18.9 Å². The molecule has 0 aromatic heterocycles. The predicted octanol–water partition coefficient (Wildman–Crippen LogP) is 5.65. The van der Waals surface area contributed by atoms with Crippen LogP contribution < -0.4 is 20.1 Å². The third-order valence-corrected chi connectivity index (χ3v) is 5.99. The predicted molar refractivity (Wildman–Crippen MR) is 129 cm³/mol. The van der Waals surface area contributed by atoms with Gasteiger partial charge in [-0.2, -0.15) is 0 Å². The molecule has 3 aromatic rings. The minimum Gasteiger partial charge on any atom is -0.497 e. The molecule has 3 aromatic carbocycles. The Balaban J connectivity index is 1.55. The van der Waals surface area contributed by atoms with Crippen LogP contribution in [0.2, 0.25) is 5.02 Å². The van der Waals surface area contributed by atoms with E-state index in [0.29, 0.717) is 33.5 Å². The number of carbonyl (C=O) groups is 2. The van der Waals surface area contributed by atoms with Gasteiger partial charge in [-0.05, 0) is 61.0 Å². The highest BCUT2D eigenvalue weighted by atomic mass is 35.5. The van der Waals surface area contributed by atoms with Gasteiger partial charge in [-0.1, -0.05) is 17.7 Å². The van der Waals surface area contributed by atoms with E-state index in [9.17, 15) is 9.59 Å². The summed E-state index contributed by atoms with van der Waals surface area (Å²) in [6.07, 6.45) is 0. The van der Waals surface area contributed by atoms with Crippen molar-refractivity contribution in [2.75, 3.05) is 30.6 Å². The molecule has 166 valence electrons. The molecule has 0 bridgehead atoms.